The summed E-state index contributed by atoms with van der Waals surface area (Å²) < 4.78 is 10.4. The van der Waals surface area contributed by atoms with E-state index in [1.165, 1.54) is 0 Å². The number of methoxy groups -OCH3 is 1. The van der Waals surface area contributed by atoms with Crippen molar-refractivity contribution in [3.8, 4) is 0 Å². The van der Waals surface area contributed by atoms with E-state index in [1.54, 1.807) is 7.11 Å². The van der Waals surface area contributed by atoms with Crippen molar-refractivity contribution in [2.45, 2.75) is 26.3 Å². The monoisotopic (exact) mass is 232 g/mol. The van der Waals surface area contributed by atoms with E-state index in [4.69, 9.17) is 9.47 Å². The van der Waals surface area contributed by atoms with Crippen molar-refractivity contribution in [3.63, 3.8) is 0 Å². The molecule has 0 bridgehead atoms. The van der Waals surface area contributed by atoms with Gasteiger partial charge in [-0.05, 0) is 13.5 Å². The maximum atomic E-state index is 5.49. The van der Waals surface area contributed by atoms with Crippen LogP contribution in [0.5, 0.6) is 0 Å². The van der Waals surface area contributed by atoms with E-state index in [0.717, 1.165) is 45.9 Å². The van der Waals surface area contributed by atoms with Crippen molar-refractivity contribution >= 4 is 0 Å². The fourth-order valence-electron chi connectivity index (χ4n) is 1.28. The molecule has 1 N–H and O–H groups in total. The van der Waals surface area contributed by atoms with E-state index < -0.39 is 0 Å². The fraction of sp³-hybridized carbons (Fsp3) is 1.00. The van der Waals surface area contributed by atoms with Crippen LogP contribution in [0.1, 0.15) is 20.3 Å². The van der Waals surface area contributed by atoms with E-state index in [2.05, 4.69) is 31.1 Å². The first kappa shape index (κ1) is 15.8. The van der Waals surface area contributed by atoms with Gasteiger partial charge in [-0.1, -0.05) is 13.8 Å². The lowest BCUT2D eigenvalue weighted by molar-refractivity contribution is 0.0889. The van der Waals surface area contributed by atoms with Crippen LogP contribution in [0.25, 0.3) is 0 Å². The van der Waals surface area contributed by atoms with Crippen molar-refractivity contribution in [2.24, 2.45) is 0 Å². The highest BCUT2D eigenvalue weighted by Crippen LogP contribution is 1.87. The number of ether oxygens (including phenoxy) is 2. The SMILES string of the molecule is COCCCOCCN(C)CCNC(C)C. The molecule has 4 heteroatoms. The molecule has 0 radical (unpaired) electrons. The fourth-order valence-corrected chi connectivity index (χ4v) is 1.28. The average molecular weight is 232 g/mol. The lowest BCUT2D eigenvalue weighted by atomic mass is 10.4. The van der Waals surface area contributed by atoms with Crippen LogP contribution in [-0.4, -0.2) is 64.6 Å². The van der Waals surface area contributed by atoms with Gasteiger partial charge < -0.3 is 19.7 Å². The molecule has 0 aliphatic heterocycles. The number of rotatable bonds is 11. The van der Waals surface area contributed by atoms with Crippen molar-refractivity contribution in [2.75, 3.05) is 53.6 Å². The van der Waals surface area contributed by atoms with Crippen LogP contribution < -0.4 is 5.32 Å². The Kier molecular flexibility index (Phi) is 11.2. The largest absolute Gasteiger partial charge is 0.385 e. The molecule has 0 aromatic carbocycles. The molecule has 0 rings (SSSR count). The quantitative estimate of drug-likeness (QED) is 0.538. The molecule has 0 atom stereocenters. The zero-order valence-electron chi connectivity index (χ0n) is 11.3. The molecule has 0 saturated carbocycles. The number of nitrogens with one attached hydrogen (secondary N) is 1. The van der Waals surface area contributed by atoms with Crippen LogP contribution in [0.4, 0.5) is 0 Å². The minimum Gasteiger partial charge on any atom is -0.385 e. The highest BCUT2D eigenvalue weighted by molar-refractivity contribution is 4.57. The zero-order valence-corrected chi connectivity index (χ0v) is 11.3. The van der Waals surface area contributed by atoms with Gasteiger partial charge >= 0.3 is 0 Å². The summed E-state index contributed by atoms with van der Waals surface area (Å²) >= 11 is 0. The molecule has 0 aliphatic rings. The Bertz CT molecular complexity index is 143. The van der Waals surface area contributed by atoms with Crippen molar-refractivity contribution in [1.29, 1.82) is 0 Å². The van der Waals surface area contributed by atoms with Gasteiger partial charge in [-0.2, -0.15) is 0 Å². The van der Waals surface area contributed by atoms with Gasteiger partial charge in [-0.3, -0.25) is 0 Å². The normalized spacial score (nSPS) is 11.6. The summed E-state index contributed by atoms with van der Waals surface area (Å²) in [4.78, 5) is 2.28. The van der Waals surface area contributed by atoms with Gasteiger partial charge in [0.2, 0.25) is 0 Å². The second-order valence-electron chi connectivity index (χ2n) is 4.37. The van der Waals surface area contributed by atoms with Gasteiger partial charge in [-0.15, -0.1) is 0 Å². The molecule has 0 heterocycles. The first-order valence-electron chi connectivity index (χ1n) is 6.15. The summed E-state index contributed by atoms with van der Waals surface area (Å²) in [5.41, 5.74) is 0. The third-order valence-electron chi connectivity index (χ3n) is 2.30. The second kappa shape index (κ2) is 11.3. The first-order valence-corrected chi connectivity index (χ1v) is 6.15. The summed E-state index contributed by atoms with van der Waals surface area (Å²) in [5.74, 6) is 0. The van der Waals surface area contributed by atoms with Crippen LogP contribution >= 0.6 is 0 Å². The molecule has 0 spiro atoms. The Balaban J connectivity index is 3.14. The predicted octanol–water partition coefficient (Wildman–Crippen LogP) is 0.969. The third-order valence-corrected chi connectivity index (χ3v) is 2.30. The van der Waals surface area contributed by atoms with E-state index >= 15 is 0 Å². The minimum absolute atomic E-state index is 0.568. The highest BCUT2D eigenvalue weighted by Gasteiger charge is 1.98. The lowest BCUT2D eigenvalue weighted by Crippen LogP contribution is -2.34. The molecule has 4 nitrogen and oxygen atoms in total. The van der Waals surface area contributed by atoms with E-state index in [9.17, 15) is 0 Å². The van der Waals surface area contributed by atoms with Crippen LogP contribution in [0.2, 0.25) is 0 Å². The van der Waals surface area contributed by atoms with Crippen LogP contribution in [-0.2, 0) is 9.47 Å². The van der Waals surface area contributed by atoms with Gasteiger partial charge in [0, 0.05) is 46.0 Å². The van der Waals surface area contributed by atoms with Crippen molar-refractivity contribution in [3.05, 3.63) is 0 Å². The molecule has 0 saturated heterocycles. The molecule has 0 amide bonds. The molecule has 0 aromatic heterocycles. The summed E-state index contributed by atoms with van der Waals surface area (Å²) in [6.45, 7) is 9.82. The van der Waals surface area contributed by atoms with Gasteiger partial charge in [0.1, 0.15) is 0 Å². The first-order chi connectivity index (χ1) is 7.66. The predicted molar refractivity (Wildman–Crippen MR) is 67.9 cm³/mol. The molecule has 0 unspecified atom stereocenters. The maximum absolute atomic E-state index is 5.49. The summed E-state index contributed by atoms with van der Waals surface area (Å²) in [6.07, 6.45) is 0.981. The van der Waals surface area contributed by atoms with Crippen LogP contribution in [0.15, 0.2) is 0 Å². The molecule has 16 heavy (non-hydrogen) atoms. The number of likely N-dealkylation sites (N-methyl/N-ethyl adjacent to an activating group) is 1. The average Bonchev–Trinajstić information content (AvgIpc) is 2.22. The van der Waals surface area contributed by atoms with Crippen molar-refractivity contribution < 1.29 is 9.47 Å². The number of nitrogens with zero attached hydrogens (tertiary/aromatic N) is 1. The van der Waals surface area contributed by atoms with Gasteiger partial charge in [0.25, 0.3) is 0 Å². The van der Waals surface area contributed by atoms with Gasteiger partial charge in [0.05, 0.1) is 6.61 Å². The van der Waals surface area contributed by atoms with Gasteiger partial charge in [0.15, 0.2) is 0 Å². The standard InChI is InChI=1S/C12H28N2O2/c1-12(2)13-6-7-14(3)8-11-16-10-5-9-15-4/h12-13H,5-11H2,1-4H3. The number of hydrogen-bond acceptors (Lipinski definition) is 4. The number of hydrogen-bond donors (Lipinski definition) is 1. The van der Waals surface area contributed by atoms with Crippen LogP contribution in [0, 0.1) is 0 Å². The lowest BCUT2D eigenvalue weighted by Gasteiger charge is -2.17. The van der Waals surface area contributed by atoms with Gasteiger partial charge in [-0.25, -0.2) is 0 Å². The van der Waals surface area contributed by atoms with E-state index in [0.29, 0.717) is 6.04 Å². The Morgan fingerprint density at radius 2 is 1.88 bits per heavy atom. The topological polar surface area (TPSA) is 33.7 Å². The molecular weight excluding hydrogens is 204 g/mol. The highest BCUT2D eigenvalue weighted by atomic mass is 16.5. The Morgan fingerprint density at radius 3 is 2.50 bits per heavy atom. The third kappa shape index (κ3) is 11.9. The Morgan fingerprint density at radius 1 is 1.12 bits per heavy atom. The maximum Gasteiger partial charge on any atom is 0.0593 e. The molecule has 0 fully saturated rings. The Hall–Kier alpha value is -0.160. The minimum atomic E-state index is 0.568. The molecular formula is C12H28N2O2. The van der Waals surface area contributed by atoms with E-state index in [1.807, 2.05) is 0 Å². The summed E-state index contributed by atoms with van der Waals surface area (Å²) in [5, 5.41) is 3.40. The molecule has 0 aliphatic carbocycles. The van der Waals surface area contributed by atoms with Crippen molar-refractivity contribution in [1.82, 2.24) is 10.2 Å². The molecule has 98 valence electrons. The molecule has 0 aromatic rings. The Labute approximate surface area is 100 Å². The second-order valence-corrected chi connectivity index (χ2v) is 4.37. The summed E-state index contributed by atoms with van der Waals surface area (Å²) in [7, 11) is 3.84. The van der Waals surface area contributed by atoms with Crippen LogP contribution in [0.3, 0.4) is 0 Å². The van der Waals surface area contributed by atoms with E-state index in [-0.39, 0.29) is 0 Å². The smallest absolute Gasteiger partial charge is 0.0593 e. The zero-order chi connectivity index (χ0) is 12.2. The summed E-state index contributed by atoms with van der Waals surface area (Å²) in [6, 6.07) is 0.568.